The Morgan fingerprint density at radius 3 is 3.00 bits per heavy atom. The first kappa shape index (κ1) is 16.4. The number of methoxy groups -OCH3 is 1. The Hall–Kier alpha value is -1.47. The SMILES string of the molecule is COCC(C)NC(=O)CN1CCCC(c2noc(C3CC3)n2)C1. The van der Waals surface area contributed by atoms with Crippen LogP contribution >= 0.6 is 0 Å². The van der Waals surface area contributed by atoms with Gasteiger partial charge in [0.05, 0.1) is 13.2 Å². The topological polar surface area (TPSA) is 80.5 Å². The van der Waals surface area contributed by atoms with Gasteiger partial charge >= 0.3 is 0 Å². The Bertz CT molecular complexity index is 529. The number of nitrogens with one attached hydrogen (secondary N) is 1. The van der Waals surface area contributed by atoms with E-state index in [9.17, 15) is 4.79 Å². The number of aromatic nitrogens is 2. The first-order valence-electron chi connectivity index (χ1n) is 8.50. The summed E-state index contributed by atoms with van der Waals surface area (Å²) >= 11 is 0. The number of carbonyl (C=O) groups excluding carboxylic acids is 1. The standard InChI is InChI=1S/C16H26N4O3/c1-11(10-22-2)17-14(21)9-20-7-3-4-13(8-20)15-18-16(23-19-15)12-5-6-12/h11-13H,3-10H2,1-2H3,(H,17,21). The second kappa shape index (κ2) is 7.40. The molecule has 2 aliphatic rings. The Balaban J connectivity index is 1.50. The normalized spacial score (nSPS) is 23.7. The van der Waals surface area contributed by atoms with Crippen LogP contribution in [0.25, 0.3) is 0 Å². The number of ether oxygens (including phenoxy) is 1. The van der Waals surface area contributed by atoms with Crippen LogP contribution < -0.4 is 5.32 Å². The summed E-state index contributed by atoms with van der Waals surface area (Å²) < 4.78 is 10.4. The summed E-state index contributed by atoms with van der Waals surface area (Å²) in [6, 6.07) is 0.0337. The van der Waals surface area contributed by atoms with Gasteiger partial charge in [-0.25, -0.2) is 0 Å². The molecule has 1 aliphatic heterocycles. The summed E-state index contributed by atoms with van der Waals surface area (Å²) in [5.41, 5.74) is 0. The van der Waals surface area contributed by atoms with Gasteiger partial charge in [-0.2, -0.15) is 4.98 Å². The number of rotatable bonds is 7. The summed E-state index contributed by atoms with van der Waals surface area (Å²) in [6.07, 6.45) is 4.44. The lowest BCUT2D eigenvalue weighted by molar-refractivity contribution is -0.123. The van der Waals surface area contributed by atoms with Gasteiger partial charge in [-0.3, -0.25) is 9.69 Å². The lowest BCUT2D eigenvalue weighted by Crippen LogP contribution is -2.45. The van der Waals surface area contributed by atoms with Crippen LogP contribution in [-0.2, 0) is 9.53 Å². The highest BCUT2D eigenvalue weighted by Crippen LogP contribution is 2.39. The van der Waals surface area contributed by atoms with Crippen LogP contribution in [0, 0.1) is 0 Å². The second-order valence-electron chi connectivity index (χ2n) is 6.76. The molecular weight excluding hydrogens is 296 g/mol. The highest BCUT2D eigenvalue weighted by molar-refractivity contribution is 5.78. The Labute approximate surface area is 136 Å². The van der Waals surface area contributed by atoms with Gasteiger partial charge in [-0.05, 0) is 39.2 Å². The quantitative estimate of drug-likeness (QED) is 0.814. The molecule has 7 nitrogen and oxygen atoms in total. The lowest BCUT2D eigenvalue weighted by Gasteiger charge is -2.30. The fraction of sp³-hybridized carbons (Fsp3) is 0.812. The van der Waals surface area contributed by atoms with Crippen molar-refractivity contribution < 1.29 is 14.1 Å². The van der Waals surface area contributed by atoms with Crippen LogP contribution in [0.15, 0.2) is 4.52 Å². The van der Waals surface area contributed by atoms with E-state index in [1.54, 1.807) is 7.11 Å². The number of likely N-dealkylation sites (tertiary alicyclic amines) is 1. The van der Waals surface area contributed by atoms with E-state index in [1.165, 1.54) is 0 Å². The molecule has 23 heavy (non-hydrogen) atoms. The van der Waals surface area contributed by atoms with E-state index < -0.39 is 0 Å². The van der Waals surface area contributed by atoms with Crippen molar-refractivity contribution in [2.45, 2.75) is 50.5 Å². The minimum Gasteiger partial charge on any atom is -0.383 e. The van der Waals surface area contributed by atoms with E-state index in [-0.39, 0.29) is 17.9 Å². The van der Waals surface area contributed by atoms with E-state index in [0.29, 0.717) is 19.1 Å². The van der Waals surface area contributed by atoms with Gasteiger partial charge in [0.15, 0.2) is 5.82 Å². The molecule has 2 unspecified atom stereocenters. The monoisotopic (exact) mass is 322 g/mol. The molecule has 2 heterocycles. The number of hydrogen-bond donors (Lipinski definition) is 1. The smallest absolute Gasteiger partial charge is 0.234 e. The van der Waals surface area contributed by atoms with Gasteiger partial charge in [0.2, 0.25) is 11.8 Å². The average molecular weight is 322 g/mol. The first-order valence-corrected chi connectivity index (χ1v) is 8.50. The molecule has 0 radical (unpaired) electrons. The average Bonchev–Trinajstić information content (AvgIpc) is 3.25. The maximum atomic E-state index is 12.1. The molecule has 1 aromatic heterocycles. The molecule has 128 valence electrons. The third-order valence-electron chi connectivity index (χ3n) is 4.45. The van der Waals surface area contributed by atoms with E-state index >= 15 is 0 Å². The predicted molar refractivity (Wildman–Crippen MR) is 84.2 cm³/mol. The highest BCUT2D eigenvalue weighted by Gasteiger charge is 2.32. The van der Waals surface area contributed by atoms with Crippen LogP contribution in [0.1, 0.15) is 56.2 Å². The zero-order valence-corrected chi connectivity index (χ0v) is 14.0. The van der Waals surface area contributed by atoms with Crippen molar-refractivity contribution in [1.29, 1.82) is 0 Å². The van der Waals surface area contributed by atoms with E-state index in [0.717, 1.165) is 50.5 Å². The van der Waals surface area contributed by atoms with Gasteiger partial charge in [-0.15, -0.1) is 0 Å². The third-order valence-corrected chi connectivity index (χ3v) is 4.45. The first-order chi connectivity index (χ1) is 11.2. The zero-order valence-electron chi connectivity index (χ0n) is 14.0. The van der Waals surface area contributed by atoms with Crippen LogP contribution in [0.3, 0.4) is 0 Å². The van der Waals surface area contributed by atoms with Crippen LogP contribution in [0.4, 0.5) is 0 Å². The van der Waals surface area contributed by atoms with Crippen molar-refractivity contribution in [2.24, 2.45) is 0 Å². The highest BCUT2D eigenvalue weighted by atomic mass is 16.5. The van der Waals surface area contributed by atoms with Crippen molar-refractivity contribution in [2.75, 3.05) is 33.4 Å². The molecule has 2 fully saturated rings. The molecule has 3 rings (SSSR count). The molecule has 1 aromatic rings. The zero-order chi connectivity index (χ0) is 16.2. The van der Waals surface area contributed by atoms with Crippen molar-refractivity contribution in [3.63, 3.8) is 0 Å². The van der Waals surface area contributed by atoms with Gasteiger partial charge in [0.1, 0.15) is 0 Å². The van der Waals surface area contributed by atoms with Gasteiger partial charge < -0.3 is 14.6 Å². The van der Waals surface area contributed by atoms with Crippen LogP contribution in [0.5, 0.6) is 0 Å². The molecule has 7 heteroatoms. The molecule has 1 amide bonds. The number of carbonyl (C=O) groups is 1. The molecular formula is C16H26N4O3. The van der Waals surface area contributed by atoms with Crippen molar-refractivity contribution in [3.05, 3.63) is 11.7 Å². The predicted octanol–water partition coefficient (Wildman–Crippen LogP) is 1.28. The fourth-order valence-electron chi connectivity index (χ4n) is 3.13. The molecule has 1 saturated heterocycles. The maximum absolute atomic E-state index is 12.1. The Morgan fingerprint density at radius 1 is 1.43 bits per heavy atom. The second-order valence-corrected chi connectivity index (χ2v) is 6.76. The maximum Gasteiger partial charge on any atom is 0.234 e. The molecule has 1 saturated carbocycles. The van der Waals surface area contributed by atoms with Gasteiger partial charge in [-0.1, -0.05) is 5.16 Å². The largest absolute Gasteiger partial charge is 0.383 e. The molecule has 1 aliphatic carbocycles. The number of hydrogen-bond acceptors (Lipinski definition) is 6. The van der Waals surface area contributed by atoms with Crippen LogP contribution in [0.2, 0.25) is 0 Å². The summed E-state index contributed by atoms with van der Waals surface area (Å²) in [6.45, 7) is 4.64. The molecule has 0 aromatic carbocycles. The number of nitrogens with zero attached hydrogens (tertiary/aromatic N) is 3. The minimum absolute atomic E-state index is 0.0337. The van der Waals surface area contributed by atoms with Crippen molar-refractivity contribution >= 4 is 5.91 Å². The Morgan fingerprint density at radius 2 is 2.26 bits per heavy atom. The minimum atomic E-state index is 0.0337. The van der Waals surface area contributed by atoms with E-state index in [2.05, 4.69) is 20.4 Å². The molecule has 1 N–H and O–H groups in total. The van der Waals surface area contributed by atoms with E-state index in [4.69, 9.17) is 9.26 Å². The Kier molecular flexibility index (Phi) is 5.27. The van der Waals surface area contributed by atoms with Crippen molar-refractivity contribution in [3.8, 4) is 0 Å². The van der Waals surface area contributed by atoms with Gasteiger partial charge in [0.25, 0.3) is 0 Å². The molecule has 0 spiro atoms. The van der Waals surface area contributed by atoms with Crippen molar-refractivity contribution in [1.82, 2.24) is 20.4 Å². The fourth-order valence-corrected chi connectivity index (χ4v) is 3.13. The van der Waals surface area contributed by atoms with Gasteiger partial charge in [0, 0.05) is 31.5 Å². The third kappa shape index (κ3) is 4.51. The number of amides is 1. The summed E-state index contributed by atoms with van der Waals surface area (Å²) in [5, 5.41) is 7.11. The molecule has 0 bridgehead atoms. The summed E-state index contributed by atoms with van der Waals surface area (Å²) in [7, 11) is 1.64. The summed E-state index contributed by atoms with van der Waals surface area (Å²) in [5.74, 6) is 2.41. The molecule has 2 atom stereocenters. The number of piperidine rings is 1. The lowest BCUT2D eigenvalue weighted by atomic mass is 9.97. The van der Waals surface area contributed by atoms with E-state index in [1.807, 2.05) is 6.92 Å². The summed E-state index contributed by atoms with van der Waals surface area (Å²) in [4.78, 5) is 18.8. The van der Waals surface area contributed by atoms with Crippen LogP contribution in [-0.4, -0.2) is 60.3 Å².